The lowest BCUT2D eigenvalue weighted by molar-refractivity contribution is -0.135. The summed E-state index contributed by atoms with van der Waals surface area (Å²) in [6.45, 7) is 11.2. The van der Waals surface area contributed by atoms with E-state index in [1.807, 2.05) is 37.1 Å². The SMILES string of the molecule is CC[C@@H](C)CN(CC(=O)N1CCc2sccc2[C@H]1COc1cccc(F)c1)C(=O)NC(C)(C)C. The van der Waals surface area contributed by atoms with Crippen LogP contribution in [0.2, 0.25) is 0 Å². The number of fused-ring (bicyclic) bond motifs is 1. The molecule has 186 valence electrons. The van der Waals surface area contributed by atoms with E-state index in [1.165, 1.54) is 17.0 Å². The predicted molar refractivity (Wildman–Crippen MR) is 134 cm³/mol. The largest absolute Gasteiger partial charge is 0.491 e. The van der Waals surface area contributed by atoms with Crippen LogP contribution in [0.4, 0.5) is 9.18 Å². The number of hydrogen-bond acceptors (Lipinski definition) is 4. The van der Waals surface area contributed by atoms with E-state index in [1.54, 1.807) is 28.4 Å². The van der Waals surface area contributed by atoms with Crippen LogP contribution in [0.25, 0.3) is 0 Å². The smallest absolute Gasteiger partial charge is 0.318 e. The van der Waals surface area contributed by atoms with Gasteiger partial charge in [-0.05, 0) is 62.3 Å². The van der Waals surface area contributed by atoms with Crippen molar-refractivity contribution in [3.63, 3.8) is 0 Å². The van der Waals surface area contributed by atoms with Crippen LogP contribution in [-0.4, -0.2) is 53.5 Å². The van der Waals surface area contributed by atoms with Crippen molar-refractivity contribution in [3.8, 4) is 5.75 Å². The average molecular weight is 490 g/mol. The van der Waals surface area contributed by atoms with Gasteiger partial charge in [-0.15, -0.1) is 11.3 Å². The van der Waals surface area contributed by atoms with E-state index < -0.39 is 5.54 Å². The van der Waals surface area contributed by atoms with Crippen LogP contribution in [0.15, 0.2) is 35.7 Å². The number of carbonyl (C=O) groups excluding carboxylic acids is 2. The molecule has 0 aliphatic carbocycles. The van der Waals surface area contributed by atoms with Gasteiger partial charge in [-0.3, -0.25) is 4.79 Å². The van der Waals surface area contributed by atoms with E-state index in [2.05, 4.69) is 19.2 Å². The molecule has 0 bridgehead atoms. The lowest BCUT2D eigenvalue weighted by atomic mass is 10.00. The van der Waals surface area contributed by atoms with Gasteiger partial charge in [-0.1, -0.05) is 26.3 Å². The van der Waals surface area contributed by atoms with Crippen molar-refractivity contribution < 1.29 is 18.7 Å². The monoisotopic (exact) mass is 489 g/mol. The molecule has 34 heavy (non-hydrogen) atoms. The van der Waals surface area contributed by atoms with Gasteiger partial charge in [0, 0.05) is 29.6 Å². The normalized spacial score (nSPS) is 16.5. The van der Waals surface area contributed by atoms with Gasteiger partial charge in [0.1, 0.15) is 24.7 Å². The number of nitrogens with one attached hydrogen (secondary N) is 1. The van der Waals surface area contributed by atoms with Gasteiger partial charge >= 0.3 is 6.03 Å². The minimum Gasteiger partial charge on any atom is -0.491 e. The van der Waals surface area contributed by atoms with Crippen LogP contribution in [0.3, 0.4) is 0 Å². The number of rotatable bonds is 8. The third-order valence-corrected chi connectivity index (χ3v) is 6.94. The summed E-state index contributed by atoms with van der Waals surface area (Å²) in [6.07, 6.45) is 1.69. The first-order valence-corrected chi connectivity index (χ1v) is 12.8. The Labute approximate surface area is 206 Å². The summed E-state index contributed by atoms with van der Waals surface area (Å²) in [5.41, 5.74) is 0.667. The van der Waals surface area contributed by atoms with Crippen molar-refractivity contribution in [1.82, 2.24) is 15.1 Å². The molecule has 8 heteroatoms. The Morgan fingerprint density at radius 2 is 2.09 bits per heavy atom. The van der Waals surface area contributed by atoms with Crippen molar-refractivity contribution in [2.75, 3.05) is 26.2 Å². The highest BCUT2D eigenvalue weighted by molar-refractivity contribution is 7.10. The van der Waals surface area contributed by atoms with Crippen molar-refractivity contribution in [1.29, 1.82) is 0 Å². The molecule has 1 N–H and O–H groups in total. The maximum atomic E-state index is 13.6. The summed E-state index contributed by atoms with van der Waals surface area (Å²) in [7, 11) is 0. The van der Waals surface area contributed by atoms with E-state index in [0.717, 1.165) is 18.4 Å². The lowest BCUT2D eigenvalue weighted by Gasteiger charge is -2.37. The first kappa shape index (κ1) is 26.0. The zero-order valence-corrected chi connectivity index (χ0v) is 21.6. The Bertz CT molecular complexity index is 988. The number of thiophene rings is 1. The molecule has 6 nitrogen and oxygen atoms in total. The number of nitrogens with zero attached hydrogens (tertiary/aromatic N) is 2. The van der Waals surface area contributed by atoms with Crippen molar-refractivity contribution in [2.24, 2.45) is 5.92 Å². The lowest BCUT2D eigenvalue weighted by Crippen LogP contribution is -2.53. The highest BCUT2D eigenvalue weighted by Gasteiger charge is 2.34. The first-order chi connectivity index (χ1) is 16.1. The first-order valence-electron chi connectivity index (χ1n) is 11.9. The maximum absolute atomic E-state index is 13.6. The minimum atomic E-state index is -0.397. The van der Waals surface area contributed by atoms with Crippen molar-refractivity contribution in [2.45, 2.75) is 59.0 Å². The van der Waals surface area contributed by atoms with Gasteiger partial charge in [0.15, 0.2) is 0 Å². The number of amides is 3. The zero-order valence-electron chi connectivity index (χ0n) is 20.8. The number of ether oxygens (including phenoxy) is 1. The summed E-state index contributed by atoms with van der Waals surface area (Å²) in [6, 6.07) is 7.53. The Kier molecular flexibility index (Phi) is 8.57. The molecule has 0 fully saturated rings. The number of urea groups is 1. The number of carbonyl (C=O) groups is 2. The molecule has 3 rings (SSSR count). The summed E-state index contributed by atoms with van der Waals surface area (Å²) < 4.78 is 19.5. The van der Waals surface area contributed by atoms with Gasteiger partial charge in [0.25, 0.3) is 0 Å². The van der Waals surface area contributed by atoms with Crippen LogP contribution >= 0.6 is 11.3 Å². The molecule has 0 saturated carbocycles. The average Bonchev–Trinajstić information content (AvgIpc) is 3.24. The second-order valence-electron chi connectivity index (χ2n) is 9.99. The standard InChI is InChI=1S/C26H36FN3O3S/c1-6-18(2)15-29(25(32)28-26(3,4)5)16-24(31)30-12-10-23-21(11-13-34-23)22(30)17-33-20-9-7-8-19(27)14-20/h7-9,11,13-14,18,22H,6,10,12,15-17H2,1-5H3,(H,28,32)/t18-,22-/m1/s1. The highest BCUT2D eigenvalue weighted by atomic mass is 32.1. The fourth-order valence-corrected chi connectivity index (χ4v) is 4.91. The van der Waals surface area contributed by atoms with E-state index in [9.17, 15) is 14.0 Å². The third-order valence-electron chi connectivity index (χ3n) is 5.94. The van der Waals surface area contributed by atoms with E-state index in [-0.39, 0.29) is 42.9 Å². The van der Waals surface area contributed by atoms with Crippen LogP contribution < -0.4 is 10.1 Å². The predicted octanol–water partition coefficient (Wildman–Crippen LogP) is 5.25. The fourth-order valence-electron chi connectivity index (χ4n) is 3.99. The Morgan fingerprint density at radius 1 is 1.32 bits per heavy atom. The van der Waals surface area contributed by atoms with Crippen LogP contribution in [0.5, 0.6) is 5.75 Å². The second-order valence-corrected chi connectivity index (χ2v) is 11.0. The minimum absolute atomic E-state index is 0.00217. The molecule has 0 radical (unpaired) electrons. The quantitative estimate of drug-likeness (QED) is 0.551. The fraction of sp³-hybridized carbons (Fsp3) is 0.538. The molecule has 1 aromatic heterocycles. The summed E-state index contributed by atoms with van der Waals surface area (Å²) in [5.74, 6) is 0.223. The summed E-state index contributed by atoms with van der Waals surface area (Å²) in [4.78, 5) is 31.2. The Hall–Kier alpha value is -2.61. The molecule has 0 spiro atoms. The molecule has 3 amide bonds. The molecule has 2 heterocycles. The van der Waals surface area contributed by atoms with Gasteiger partial charge < -0.3 is 19.9 Å². The summed E-state index contributed by atoms with van der Waals surface area (Å²) >= 11 is 1.68. The third kappa shape index (κ3) is 6.95. The molecule has 0 unspecified atom stereocenters. The van der Waals surface area contributed by atoms with E-state index >= 15 is 0 Å². The van der Waals surface area contributed by atoms with Crippen LogP contribution in [-0.2, 0) is 11.2 Å². The molecular formula is C26H36FN3O3S. The van der Waals surface area contributed by atoms with E-state index in [4.69, 9.17) is 4.74 Å². The van der Waals surface area contributed by atoms with E-state index in [0.29, 0.717) is 18.8 Å². The van der Waals surface area contributed by atoms with Gasteiger partial charge in [-0.25, -0.2) is 9.18 Å². The zero-order chi connectivity index (χ0) is 24.9. The Balaban J connectivity index is 1.78. The van der Waals surface area contributed by atoms with Crippen molar-refractivity contribution in [3.05, 3.63) is 52.0 Å². The topological polar surface area (TPSA) is 61.9 Å². The second kappa shape index (κ2) is 11.2. The molecule has 2 atom stereocenters. The molecular weight excluding hydrogens is 453 g/mol. The molecule has 2 aromatic rings. The number of halogens is 1. The molecule has 1 aliphatic heterocycles. The van der Waals surface area contributed by atoms with Crippen molar-refractivity contribution >= 4 is 23.3 Å². The van der Waals surface area contributed by atoms with Crippen LogP contribution in [0, 0.1) is 11.7 Å². The molecule has 0 saturated heterocycles. The number of benzene rings is 1. The maximum Gasteiger partial charge on any atom is 0.318 e. The Morgan fingerprint density at radius 3 is 2.76 bits per heavy atom. The number of hydrogen-bond donors (Lipinski definition) is 1. The van der Waals surface area contributed by atoms with Crippen LogP contribution in [0.1, 0.15) is 57.5 Å². The van der Waals surface area contributed by atoms with Gasteiger partial charge in [0.2, 0.25) is 5.91 Å². The molecule has 1 aromatic carbocycles. The summed E-state index contributed by atoms with van der Waals surface area (Å²) in [5, 5.41) is 5.02. The van der Waals surface area contributed by atoms with Gasteiger partial charge in [-0.2, -0.15) is 0 Å². The van der Waals surface area contributed by atoms with Gasteiger partial charge in [0.05, 0.1) is 6.04 Å². The highest BCUT2D eigenvalue weighted by Crippen LogP contribution is 2.34. The molecule has 1 aliphatic rings.